The molecule has 0 saturated carbocycles. The number of benzene rings is 1. The fraction of sp³-hybridized carbons (Fsp3) is 0.393. The van der Waals surface area contributed by atoms with Crippen molar-refractivity contribution in [3.05, 3.63) is 76.1 Å². The number of allylic oxidation sites excluding steroid dienone is 1. The van der Waals surface area contributed by atoms with E-state index in [9.17, 15) is 8.78 Å². The summed E-state index contributed by atoms with van der Waals surface area (Å²) in [5.74, 6) is -1.49. The molecule has 0 bridgehead atoms. The van der Waals surface area contributed by atoms with Crippen molar-refractivity contribution in [1.82, 2.24) is 19.8 Å². The summed E-state index contributed by atoms with van der Waals surface area (Å²) in [7, 11) is 0. The zero-order valence-corrected chi connectivity index (χ0v) is 21.4. The second kappa shape index (κ2) is 10.7. The number of aliphatic imine (C=N–C) groups is 1. The van der Waals surface area contributed by atoms with Gasteiger partial charge in [0.25, 0.3) is 0 Å². The predicted molar refractivity (Wildman–Crippen MR) is 142 cm³/mol. The van der Waals surface area contributed by atoms with Crippen molar-refractivity contribution in [2.75, 3.05) is 39.3 Å². The van der Waals surface area contributed by atoms with E-state index in [1.807, 2.05) is 24.4 Å². The number of piperazine rings is 1. The maximum atomic E-state index is 14.5. The monoisotopic (exact) mass is 509 g/mol. The number of aryl methyl sites for hydroxylation is 1. The fourth-order valence-electron chi connectivity index (χ4n) is 4.92. The van der Waals surface area contributed by atoms with Crippen LogP contribution in [-0.4, -0.2) is 70.8 Å². The molecule has 5 nitrogen and oxygen atoms in total. The number of halogens is 3. The van der Waals surface area contributed by atoms with Crippen LogP contribution < -0.4 is 0 Å². The summed E-state index contributed by atoms with van der Waals surface area (Å²) in [6, 6.07) is 8.56. The molecule has 1 saturated heterocycles. The van der Waals surface area contributed by atoms with E-state index in [1.165, 1.54) is 6.07 Å². The molecule has 0 N–H and O–H groups in total. The Morgan fingerprint density at radius 1 is 1.00 bits per heavy atom. The lowest BCUT2D eigenvalue weighted by Gasteiger charge is -2.36. The molecule has 5 rings (SSSR count). The van der Waals surface area contributed by atoms with Gasteiger partial charge in [-0.3, -0.25) is 14.9 Å². The normalized spacial score (nSPS) is 17.2. The Morgan fingerprint density at radius 2 is 1.81 bits per heavy atom. The Hall–Kier alpha value is -2.74. The van der Waals surface area contributed by atoms with Gasteiger partial charge in [-0.2, -0.15) is 0 Å². The van der Waals surface area contributed by atoms with Gasteiger partial charge in [0.15, 0.2) is 0 Å². The first-order chi connectivity index (χ1) is 17.4. The van der Waals surface area contributed by atoms with Crippen molar-refractivity contribution in [1.29, 1.82) is 0 Å². The Bertz CT molecular complexity index is 1330. The van der Waals surface area contributed by atoms with Crippen LogP contribution in [0.2, 0.25) is 5.02 Å². The average molecular weight is 510 g/mol. The SMILES string of the molecule is CC(C)N1CCN(CCCc2cnc3ccc(C4=CCN=C4c4cc(Cl)c(F)cc4F)nc3c2)CC1. The molecule has 0 radical (unpaired) electrons. The van der Waals surface area contributed by atoms with E-state index < -0.39 is 11.6 Å². The molecule has 2 aromatic heterocycles. The van der Waals surface area contributed by atoms with E-state index in [-0.39, 0.29) is 10.6 Å². The first-order valence-electron chi connectivity index (χ1n) is 12.5. The van der Waals surface area contributed by atoms with E-state index in [1.54, 1.807) is 0 Å². The molecular weight excluding hydrogens is 480 g/mol. The van der Waals surface area contributed by atoms with Gasteiger partial charge in [-0.1, -0.05) is 17.7 Å². The Morgan fingerprint density at radius 3 is 2.58 bits per heavy atom. The summed E-state index contributed by atoms with van der Waals surface area (Å²) in [4.78, 5) is 18.9. The molecule has 36 heavy (non-hydrogen) atoms. The highest BCUT2D eigenvalue weighted by Gasteiger charge is 2.22. The molecular formula is C28H30ClF2N5. The van der Waals surface area contributed by atoms with Gasteiger partial charge < -0.3 is 4.90 Å². The molecule has 2 aliphatic heterocycles. The highest BCUT2D eigenvalue weighted by Crippen LogP contribution is 2.29. The second-order valence-electron chi connectivity index (χ2n) is 9.71. The number of nitrogens with zero attached hydrogens (tertiary/aromatic N) is 5. The van der Waals surface area contributed by atoms with E-state index in [0.717, 1.165) is 68.2 Å². The zero-order valence-electron chi connectivity index (χ0n) is 20.6. The summed E-state index contributed by atoms with van der Waals surface area (Å²) in [6.45, 7) is 10.5. The minimum Gasteiger partial charge on any atom is -0.301 e. The molecule has 0 amide bonds. The topological polar surface area (TPSA) is 44.6 Å². The first-order valence-corrected chi connectivity index (χ1v) is 12.9. The zero-order chi connectivity index (χ0) is 25.2. The number of fused-ring (bicyclic) bond motifs is 1. The third-order valence-electron chi connectivity index (χ3n) is 7.01. The first kappa shape index (κ1) is 24.9. The van der Waals surface area contributed by atoms with Gasteiger partial charge in [0.1, 0.15) is 11.6 Å². The van der Waals surface area contributed by atoms with Gasteiger partial charge >= 0.3 is 0 Å². The molecule has 0 aliphatic carbocycles. The van der Waals surface area contributed by atoms with Crippen molar-refractivity contribution in [3.8, 4) is 0 Å². The van der Waals surface area contributed by atoms with Crippen molar-refractivity contribution >= 4 is 33.9 Å². The lowest BCUT2D eigenvalue weighted by atomic mass is 9.99. The highest BCUT2D eigenvalue weighted by atomic mass is 35.5. The Labute approximate surface area is 215 Å². The Kier molecular flexibility index (Phi) is 7.42. The summed E-state index contributed by atoms with van der Waals surface area (Å²) in [6.07, 6.45) is 5.84. The molecule has 3 aromatic rings. The lowest BCUT2D eigenvalue weighted by molar-refractivity contribution is 0.108. The molecule has 8 heteroatoms. The van der Waals surface area contributed by atoms with E-state index in [4.69, 9.17) is 16.6 Å². The third kappa shape index (κ3) is 5.33. The van der Waals surface area contributed by atoms with Crippen molar-refractivity contribution in [2.24, 2.45) is 4.99 Å². The van der Waals surface area contributed by atoms with Crippen LogP contribution in [0.5, 0.6) is 0 Å². The van der Waals surface area contributed by atoms with Crippen molar-refractivity contribution in [2.45, 2.75) is 32.7 Å². The van der Waals surface area contributed by atoms with Gasteiger partial charge in [0.2, 0.25) is 0 Å². The van der Waals surface area contributed by atoms with Crippen LogP contribution in [0.1, 0.15) is 37.1 Å². The van der Waals surface area contributed by atoms with Gasteiger partial charge in [-0.15, -0.1) is 0 Å². The Balaban J connectivity index is 1.28. The van der Waals surface area contributed by atoms with E-state index in [2.05, 4.69) is 39.7 Å². The van der Waals surface area contributed by atoms with Crippen LogP contribution in [0, 0.1) is 11.6 Å². The van der Waals surface area contributed by atoms with E-state index >= 15 is 0 Å². The summed E-state index contributed by atoms with van der Waals surface area (Å²) in [5.41, 5.74) is 4.75. The molecule has 0 atom stereocenters. The largest absolute Gasteiger partial charge is 0.301 e. The molecule has 188 valence electrons. The summed E-state index contributed by atoms with van der Waals surface area (Å²) >= 11 is 5.92. The maximum Gasteiger partial charge on any atom is 0.144 e. The van der Waals surface area contributed by atoms with Crippen LogP contribution in [0.15, 0.2) is 47.6 Å². The fourth-order valence-corrected chi connectivity index (χ4v) is 5.08. The summed E-state index contributed by atoms with van der Waals surface area (Å²) < 4.78 is 28.2. The number of hydrogen-bond acceptors (Lipinski definition) is 5. The minimum atomic E-state index is -0.790. The van der Waals surface area contributed by atoms with Crippen LogP contribution in [0.4, 0.5) is 8.78 Å². The number of aromatic nitrogens is 2. The smallest absolute Gasteiger partial charge is 0.144 e. The predicted octanol–water partition coefficient (Wildman–Crippen LogP) is 5.41. The molecule has 0 unspecified atom stereocenters. The highest BCUT2D eigenvalue weighted by molar-refractivity contribution is 6.35. The van der Waals surface area contributed by atoms with Crippen LogP contribution in [0.3, 0.4) is 0 Å². The molecule has 1 fully saturated rings. The standard InChI is InChI=1S/C28H30ClF2N5/c1-18(2)36-12-10-35(11-13-36)9-3-4-19-14-27-26(33-17-19)6-5-25(34-27)20-7-8-32-28(20)21-15-22(29)24(31)16-23(21)30/h5-7,14-18H,3-4,8-13H2,1-2H3. The molecule has 4 heterocycles. The van der Waals surface area contributed by atoms with Crippen molar-refractivity contribution in [3.63, 3.8) is 0 Å². The minimum absolute atomic E-state index is 0.137. The third-order valence-corrected chi connectivity index (χ3v) is 7.30. The number of rotatable bonds is 7. The maximum absolute atomic E-state index is 14.5. The average Bonchev–Trinajstić information content (AvgIpc) is 3.36. The van der Waals surface area contributed by atoms with E-state index in [0.29, 0.717) is 29.6 Å². The lowest BCUT2D eigenvalue weighted by Crippen LogP contribution is -2.48. The van der Waals surface area contributed by atoms with Gasteiger partial charge in [0.05, 0.1) is 34.0 Å². The second-order valence-corrected chi connectivity index (χ2v) is 10.1. The molecule has 2 aliphatic rings. The van der Waals surface area contributed by atoms with Gasteiger partial charge in [0, 0.05) is 55.6 Å². The van der Waals surface area contributed by atoms with Crippen LogP contribution in [0.25, 0.3) is 16.6 Å². The number of hydrogen-bond donors (Lipinski definition) is 0. The van der Waals surface area contributed by atoms with Crippen LogP contribution >= 0.6 is 11.6 Å². The van der Waals surface area contributed by atoms with Crippen LogP contribution in [-0.2, 0) is 6.42 Å². The summed E-state index contributed by atoms with van der Waals surface area (Å²) in [5, 5.41) is -0.137. The molecule has 1 aromatic carbocycles. The van der Waals surface area contributed by atoms with Crippen molar-refractivity contribution < 1.29 is 8.78 Å². The van der Waals surface area contributed by atoms with Gasteiger partial charge in [-0.25, -0.2) is 13.8 Å². The quantitative estimate of drug-likeness (QED) is 0.400. The number of pyridine rings is 2. The van der Waals surface area contributed by atoms with Gasteiger partial charge in [-0.05, 0) is 63.1 Å². The molecule has 0 spiro atoms.